The van der Waals surface area contributed by atoms with E-state index in [1.807, 2.05) is 12.1 Å². The molecule has 2 N–H and O–H groups in total. The lowest BCUT2D eigenvalue weighted by Crippen LogP contribution is -3.11. The van der Waals surface area contributed by atoms with Gasteiger partial charge in [0.25, 0.3) is 5.91 Å². The molecule has 5 nitrogen and oxygen atoms in total. The van der Waals surface area contributed by atoms with Gasteiger partial charge in [-0.2, -0.15) is 0 Å². The number of furan rings is 1. The summed E-state index contributed by atoms with van der Waals surface area (Å²) in [4.78, 5) is 13.8. The lowest BCUT2D eigenvalue weighted by atomic mass is 10.1. The predicted molar refractivity (Wildman–Crippen MR) is 86.7 cm³/mol. The van der Waals surface area contributed by atoms with Gasteiger partial charge in [-0.15, -0.1) is 0 Å². The molecule has 3 rings (SSSR count). The normalized spacial score (nSPS) is 16.2. The van der Waals surface area contributed by atoms with E-state index >= 15 is 0 Å². The molecule has 5 heteroatoms. The van der Waals surface area contributed by atoms with Gasteiger partial charge in [-0.05, 0) is 36.4 Å². The number of amides is 1. The number of hydrogen-bond donors (Lipinski definition) is 2. The number of methoxy groups -OCH3 is 1. The average Bonchev–Trinajstić information content (AvgIpc) is 3.29. The molecule has 1 aromatic heterocycles. The minimum atomic E-state index is -0.0668. The van der Waals surface area contributed by atoms with E-state index in [-0.39, 0.29) is 11.9 Å². The molecule has 1 aliphatic heterocycles. The Morgan fingerprint density at radius 2 is 2.00 bits per heavy atom. The third-order valence-electron chi connectivity index (χ3n) is 4.44. The Morgan fingerprint density at radius 1 is 1.26 bits per heavy atom. The molecular weight excluding hydrogens is 292 g/mol. The molecule has 0 aliphatic carbocycles. The topological polar surface area (TPSA) is 55.9 Å². The van der Waals surface area contributed by atoms with Crippen LogP contribution in [0.1, 0.15) is 35.0 Å². The van der Waals surface area contributed by atoms with Crippen LogP contribution in [0.15, 0.2) is 47.1 Å². The summed E-state index contributed by atoms with van der Waals surface area (Å²) >= 11 is 0. The van der Waals surface area contributed by atoms with Gasteiger partial charge in [-0.25, -0.2) is 0 Å². The number of rotatable bonds is 6. The van der Waals surface area contributed by atoms with Crippen LogP contribution in [0.25, 0.3) is 0 Å². The number of carbonyl (C=O) groups excluding carboxylic acids is 1. The van der Waals surface area contributed by atoms with Gasteiger partial charge in [0.15, 0.2) is 11.8 Å². The van der Waals surface area contributed by atoms with Gasteiger partial charge in [0, 0.05) is 18.4 Å². The SMILES string of the molecule is COc1ccc(C(=O)NC[C@@H](c2ccco2)[NH+]2CCCC2)cc1. The highest BCUT2D eigenvalue weighted by atomic mass is 16.5. The fourth-order valence-electron chi connectivity index (χ4n) is 3.15. The highest BCUT2D eigenvalue weighted by Crippen LogP contribution is 2.13. The predicted octanol–water partition coefficient (Wildman–Crippen LogP) is 1.44. The van der Waals surface area contributed by atoms with Crippen LogP contribution >= 0.6 is 0 Å². The Bertz CT molecular complexity index is 616. The van der Waals surface area contributed by atoms with E-state index in [2.05, 4.69) is 5.32 Å². The van der Waals surface area contributed by atoms with Crippen molar-refractivity contribution in [2.75, 3.05) is 26.7 Å². The second-order valence-electron chi connectivity index (χ2n) is 5.87. The molecule has 1 aliphatic rings. The summed E-state index contributed by atoms with van der Waals surface area (Å²) < 4.78 is 10.7. The number of ether oxygens (including phenoxy) is 1. The summed E-state index contributed by atoms with van der Waals surface area (Å²) in [6.45, 7) is 2.83. The molecule has 0 spiro atoms. The van der Waals surface area contributed by atoms with Crippen molar-refractivity contribution in [3.8, 4) is 5.75 Å². The van der Waals surface area contributed by atoms with E-state index in [0.717, 1.165) is 24.6 Å². The number of hydrogen-bond acceptors (Lipinski definition) is 3. The van der Waals surface area contributed by atoms with Crippen molar-refractivity contribution in [3.63, 3.8) is 0 Å². The number of carbonyl (C=O) groups is 1. The molecule has 1 saturated heterocycles. The summed E-state index contributed by atoms with van der Waals surface area (Å²) in [5, 5.41) is 3.04. The smallest absolute Gasteiger partial charge is 0.251 e. The van der Waals surface area contributed by atoms with Gasteiger partial charge < -0.3 is 19.4 Å². The standard InChI is InChI=1S/C18H22N2O3/c1-22-15-8-6-14(7-9-15)18(21)19-13-16(17-5-4-12-23-17)20-10-2-3-11-20/h4-9,12,16H,2-3,10-11,13H2,1H3,(H,19,21)/p+1/t16-/m0/s1. The van der Waals surface area contributed by atoms with Crippen LogP contribution in [0.2, 0.25) is 0 Å². The first-order chi connectivity index (χ1) is 11.3. The second kappa shape index (κ2) is 7.33. The number of likely N-dealkylation sites (tertiary alicyclic amines) is 1. The molecule has 122 valence electrons. The van der Waals surface area contributed by atoms with Crippen molar-refractivity contribution >= 4 is 5.91 Å². The van der Waals surface area contributed by atoms with Crippen molar-refractivity contribution < 1.29 is 18.8 Å². The van der Waals surface area contributed by atoms with Crippen LogP contribution in [0, 0.1) is 0 Å². The maximum atomic E-state index is 12.3. The minimum absolute atomic E-state index is 0.0668. The van der Waals surface area contributed by atoms with E-state index in [0.29, 0.717) is 12.1 Å². The summed E-state index contributed by atoms with van der Waals surface area (Å²) in [5.74, 6) is 1.62. The molecule has 23 heavy (non-hydrogen) atoms. The molecule has 0 radical (unpaired) electrons. The van der Waals surface area contributed by atoms with E-state index in [1.54, 1.807) is 37.6 Å². The van der Waals surface area contributed by atoms with E-state index in [1.165, 1.54) is 17.7 Å². The Morgan fingerprint density at radius 3 is 2.61 bits per heavy atom. The Kier molecular flexibility index (Phi) is 4.98. The fourth-order valence-corrected chi connectivity index (χ4v) is 3.15. The van der Waals surface area contributed by atoms with Crippen molar-refractivity contribution in [2.45, 2.75) is 18.9 Å². The maximum Gasteiger partial charge on any atom is 0.251 e. The van der Waals surface area contributed by atoms with Crippen molar-refractivity contribution in [2.24, 2.45) is 0 Å². The van der Waals surface area contributed by atoms with Crippen LogP contribution in [-0.2, 0) is 0 Å². The van der Waals surface area contributed by atoms with Gasteiger partial charge >= 0.3 is 0 Å². The van der Waals surface area contributed by atoms with E-state index in [9.17, 15) is 4.79 Å². The number of nitrogens with one attached hydrogen (secondary N) is 2. The summed E-state index contributed by atoms with van der Waals surface area (Å²) in [6, 6.07) is 11.2. The third-order valence-corrected chi connectivity index (χ3v) is 4.44. The first-order valence-corrected chi connectivity index (χ1v) is 8.08. The quantitative estimate of drug-likeness (QED) is 0.848. The molecule has 0 bridgehead atoms. The van der Waals surface area contributed by atoms with Crippen LogP contribution in [0.3, 0.4) is 0 Å². The van der Waals surface area contributed by atoms with Crippen LogP contribution in [-0.4, -0.2) is 32.7 Å². The first kappa shape index (κ1) is 15.6. The molecule has 0 saturated carbocycles. The van der Waals surface area contributed by atoms with Crippen molar-refractivity contribution in [1.82, 2.24) is 5.32 Å². The monoisotopic (exact) mass is 315 g/mol. The zero-order chi connectivity index (χ0) is 16.1. The fraction of sp³-hybridized carbons (Fsp3) is 0.389. The Balaban J connectivity index is 1.64. The minimum Gasteiger partial charge on any atom is -0.497 e. The summed E-state index contributed by atoms with van der Waals surface area (Å²) in [5.41, 5.74) is 0.639. The molecule has 1 amide bonds. The van der Waals surface area contributed by atoms with Gasteiger partial charge in [0.1, 0.15) is 5.75 Å². The summed E-state index contributed by atoms with van der Waals surface area (Å²) in [7, 11) is 1.61. The Hall–Kier alpha value is -2.27. The zero-order valence-corrected chi connectivity index (χ0v) is 13.4. The molecule has 2 heterocycles. The lowest BCUT2D eigenvalue weighted by molar-refractivity contribution is -0.919. The van der Waals surface area contributed by atoms with E-state index < -0.39 is 0 Å². The summed E-state index contributed by atoms with van der Waals surface area (Å²) in [6.07, 6.45) is 4.17. The maximum absolute atomic E-state index is 12.3. The largest absolute Gasteiger partial charge is 0.497 e. The van der Waals surface area contributed by atoms with Crippen molar-refractivity contribution in [3.05, 3.63) is 54.0 Å². The van der Waals surface area contributed by atoms with Gasteiger partial charge in [-0.1, -0.05) is 0 Å². The molecule has 2 aromatic rings. The van der Waals surface area contributed by atoms with Gasteiger partial charge in [-0.3, -0.25) is 4.79 Å². The Labute approximate surface area is 136 Å². The highest BCUT2D eigenvalue weighted by molar-refractivity contribution is 5.94. The molecule has 0 unspecified atom stereocenters. The first-order valence-electron chi connectivity index (χ1n) is 8.08. The molecule has 1 aromatic carbocycles. The number of benzene rings is 1. The van der Waals surface area contributed by atoms with Gasteiger partial charge in [0.05, 0.1) is 33.0 Å². The third kappa shape index (κ3) is 3.74. The van der Waals surface area contributed by atoms with Crippen molar-refractivity contribution in [1.29, 1.82) is 0 Å². The molecule has 1 fully saturated rings. The number of quaternary nitrogens is 1. The van der Waals surface area contributed by atoms with Crippen LogP contribution < -0.4 is 15.0 Å². The van der Waals surface area contributed by atoms with E-state index in [4.69, 9.17) is 9.15 Å². The lowest BCUT2D eigenvalue weighted by Gasteiger charge is -2.23. The van der Waals surface area contributed by atoms with Crippen LogP contribution in [0.5, 0.6) is 5.75 Å². The molecular formula is C18H23N2O3+. The highest BCUT2D eigenvalue weighted by Gasteiger charge is 2.29. The average molecular weight is 315 g/mol. The zero-order valence-electron chi connectivity index (χ0n) is 13.4. The van der Waals surface area contributed by atoms with Gasteiger partial charge in [0.2, 0.25) is 0 Å². The second-order valence-corrected chi connectivity index (χ2v) is 5.87. The van der Waals surface area contributed by atoms with Crippen LogP contribution in [0.4, 0.5) is 0 Å². The molecule has 1 atom stereocenters.